The Morgan fingerprint density at radius 1 is 1.15 bits per heavy atom. The number of nitrogens with one attached hydrogen (secondary N) is 3. The second-order valence-electron chi connectivity index (χ2n) is 7.71. The summed E-state index contributed by atoms with van der Waals surface area (Å²) < 4.78 is 31.4. The molecule has 2 amide bonds. The van der Waals surface area contributed by atoms with E-state index >= 15 is 0 Å². The Kier molecular flexibility index (Phi) is 8.30. The van der Waals surface area contributed by atoms with Crippen LogP contribution >= 0.6 is 11.6 Å². The molecule has 0 radical (unpaired) electrons. The van der Waals surface area contributed by atoms with E-state index in [0.717, 1.165) is 11.8 Å². The maximum Gasteiger partial charge on any atom is 0.253 e. The molecule has 3 N–H and O–H groups in total. The number of amides is 2. The maximum atomic E-state index is 13.2. The van der Waals surface area contributed by atoms with Crippen molar-refractivity contribution >= 4 is 44.8 Å². The molecule has 1 unspecified atom stereocenters. The number of ether oxygens (including phenoxy) is 1. The fraction of sp³-hybridized carbons (Fsp3) is 0.364. The summed E-state index contributed by atoms with van der Waals surface area (Å²) in [5.74, 6) is -0.796. The number of hydrogen-bond donors (Lipinski definition) is 3. The fourth-order valence-electron chi connectivity index (χ4n) is 3.66. The van der Waals surface area contributed by atoms with Crippen LogP contribution in [0.4, 0.5) is 11.4 Å². The van der Waals surface area contributed by atoms with E-state index < -0.39 is 15.9 Å². The summed E-state index contributed by atoms with van der Waals surface area (Å²) in [6.45, 7) is 4.12. The molecule has 1 heterocycles. The van der Waals surface area contributed by atoms with Crippen LogP contribution in [0.2, 0.25) is 5.02 Å². The first-order chi connectivity index (χ1) is 15.6. The van der Waals surface area contributed by atoms with Crippen molar-refractivity contribution < 1.29 is 22.7 Å². The molecule has 0 aromatic heterocycles. The lowest BCUT2D eigenvalue weighted by molar-refractivity contribution is -0.114. The van der Waals surface area contributed by atoms with Crippen molar-refractivity contribution in [2.24, 2.45) is 0 Å². The molecule has 0 aliphatic carbocycles. The van der Waals surface area contributed by atoms with Gasteiger partial charge in [-0.05, 0) is 29.8 Å². The summed E-state index contributed by atoms with van der Waals surface area (Å²) in [6, 6.07) is 11.7. The minimum Gasteiger partial charge on any atom is -0.379 e. The van der Waals surface area contributed by atoms with Crippen molar-refractivity contribution in [3.63, 3.8) is 0 Å². The average molecular weight is 495 g/mol. The average Bonchev–Trinajstić information content (AvgIpc) is 2.75. The predicted octanol–water partition coefficient (Wildman–Crippen LogP) is 2.47. The molecule has 2 aromatic rings. The first-order valence-electron chi connectivity index (χ1n) is 10.4. The Bertz CT molecular complexity index is 1120. The second-order valence-corrected chi connectivity index (χ2v) is 9.87. The molecule has 0 bridgehead atoms. The van der Waals surface area contributed by atoms with Crippen molar-refractivity contribution in [1.29, 1.82) is 0 Å². The van der Waals surface area contributed by atoms with Crippen LogP contribution in [0.3, 0.4) is 0 Å². The third-order valence-corrected chi connectivity index (χ3v) is 6.02. The highest BCUT2D eigenvalue weighted by atomic mass is 35.5. The van der Waals surface area contributed by atoms with E-state index in [0.29, 0.717) is 37.0 Å². The van der Waals surface area contributed by atoms with E-state index in [1.807, 2.05) is 18.2 Å². The van der Waals surface area contributed by atoms with Gasteiger partial charge >= 0.3 is 0 Å². The third kappa shape index (κ3) is 7.16. The molecule has 1 aliphatic rings. The van der Waals surface area contributed by atoms with Gasteiger partial charge < -0.3 is 15.4 Å². The number of morpholine rings is 1. The van der Waals surface area contributed by atoms with Crippen molar-refractivity contribution in [2.75, 3.05) is 49.1 Å². The monoisotopic (exact) mass is 494 g/mol. The number of benzene rings is 2. The summed E-state index contributed by atoms with van der Waals surface area (Å²) in [5, 5.41) is 6.10. The van der Waals surface area contributed by atoms with Gasteiger partial charge in [-0.3, -0.25) is 19.2 Å². The van der Waals surface area contributed by atoms with E-state index in [2.05, 4.69) is 20.3 Å². The first-order valence-corrected chi connectivity index (χ1v) is 12.6. The Morgan fingerprint density at radius 3 is 2.48 bits per heavy atom. The number of halogens is 1. The van der Waals surface area contributed by atoms with Gasteiger partial charge in [-0.1, -0.05) is 29.8 Å². The third-order valence-electron chi connectivity index (χ3n) is 5.09. The van der Waals surface area contributed by atoms with Crippen LogP contribution in [0, 0.1) is 0 Å². The lowest BCUT2D eigenvalue weighted by Gasteiger charge is -2.35. The summed E-state index contributed by atoms with van der Waals surface area (Å²) in [5.41, 5.74) is 1.46. The number of carbonyl (C=O) groups excluding carboxylic acids is 2. The standard InChI is InChI=1S/C22H27ClN4O5S/c1-15(28)25-16-7-8-20(26-33(2,30)31)18(13-16)22(29)24-14-21(27-9-11-32-12-10-27)17-5-3-4-6-19(17)23/h3-8,13,21,26H,9-12,14H2,1-2H3,(H,24,29)(H,25,28). The number of rotatable bonds is 8. The largest absolute Gasteiger partial charge is 0.379 e. The highest BCUT2D eigenvalue weighted by molar-refractivity contribution is 7.92. The van der Waals surface area contributed by atoms with Gasteiger partial charge in [-0.25, -0.2) is 8.42 Å². The summed E-state index contributed by atoms with van der Waals surface area (Å²) >= 11 is 6.45. The molecular formula is C22H27ClN4O5S. The minimum absolute atomic E-state index is 0.0894. The molecular weight excluding hydrogens is 468 g/mol. The molecule has 9 nitrogen and oxygen atoms in total. The maximum absolute atomic E-state index is 13.2. The first kappa shape index (κ1) is 25.0. The van der Waals surface area contributed by atoms with Crippen molar-refractivity contribution in [2.45, 2.75) is 13.0 Å². The zero-order valence-corrected chi connectivity index (χ0v) is 20.0. The Balaban J connectivity index is 1.87. The molecule has 0 saturated carbocycles. The molecule has 3 rings (SSSR count). The van der Waals surface area contributed by atoms with E-state index in [1.54, 1.807) is 6.07 Å². The number of carbonyl (C=O) groups is 2. The molecule has 1 atom stereocenters. The molecule has 178 valence electrons. The van der Waals surface area contributed by atoms with Crippen molar-refractivity contribution in [1.82, 2.24) is 10.2 Å². The Hall–Kier alpha value is -2.66. The highest BCUT2D eigenvalue weighted by Crippen LogP contribution is 2.28. The molecule has 1 saturated heterocycles. The summed E-state index contributed by atoms with van der Waals surface area (Å²) in [4.78, 5) is 26.8. The van der Waals surface area contributed by atoms with Crippen LogP contribution in [0.25, 0.3) is 0 Å². The van der Waals surface area contributed by atoms with Crippen LogP contribution < -0.4 is 15.4 Å². The zero-order chi connectivity index (χ0) is 24.0. The van der Waals surface area contributed by atoms with Gasteiger partial charge in [0, 0.05) is 37.3 Å². The molecule has 33 heavy (non-hydrogen) atoms. The highest BCUT2D eigenvalue weighted by Gasteiger charge is 2.25. The zero-order valence-electron chi connectivity index (χ0n) is 18.4. The topological polar surface area (TPSA) is 117 Å². The SMILES string of the molecule is CC(=O)Nc1ccc(NS(C)(=O)=O)c(C(=O)NCC(c2ccccc2Cl)N2CCOCC2)c1. The van der Waals surface area contributed by atoms with Crippen LogP contribution in [0.15, 0.2) is 42.5 Å². The van der Waals surface area contributed by atoms with Crippen LogP contribution in [0.1, 0.15) is 28.9 Å². The fourth-order valence-corrected chi connectivity index (χ4v) is 4.50. The van der Waals surface area contributed by atoms with Gasteiger partial charge in [0.2, 0.25) is 15.9 Å². The quantitative estimate of drug-likeness (QED) is 0.519. The second kappa shape index (κ2) is 11.0. The van der Waals surface area contributed by atoms with Gasteiger partial charge in [0.05, 0.1) is 36.8 Å². The molecule has 2 aromatic carbocycles. The van der Waals surface area contributed by atoms with Crippen molar-refractivity contribution in [3.8, 4) is 0 Å². The van der Waals surface area contributed by atoms with Crippen molar-refractivity contribution in [3.05, 3.63) is 58.6 Å². The number of sulfonamides is 1. The molecule has 11 heteroatoms. The van der Waals surface area contributed by atoms with E-state index in [-0.39, 0.29) is 29.7 Å². The van der Waals surface area contributed by atoms with E-state index in [4.69, 9.17) is 16.3 Å². The van der Waals surface area contributed by atoms with Gasteiger partial charge in [-0.15, -0.1) is 0 Å². The Morgan fingerprint density at radius 2 is 1.85 bits per heavy atom. The predicted molar refractivity (Wildman–Crippen MR) is 128 cm³/mol. The Labute approximate surface area is 198 Å². The minimum atomic E-state index is -3.62. The molecule has 1 aliphatic heterocycles. The summed E-state index contributed by atoms with van der Waals surface area (Å²) in [6.07, 6.45) is 1.00. The van der Waals surface area contributed by atoms with E-state index in [9.17, 15) is 18.0 Å². The normalized spacial score (nSPS) is 15.5. The lowest BCUT2D eigenvalue weighted by Crippen LogP contribution is -2.44. The van der Waals surface area contributed by atoms with Gasteiger partial charge in [0.1, 0.15) is 0 Å². The molecule has 0 spiro atoms. The van der Waals surface area contributed by atoms with Gasteiger partial charge in [0.25, 0.3) is 5.91 Å². The molecule has 1 fully saturated rings. The van der Waals surface area contributed by atoms with Crippen LogP contribution in [-0.2, 0) is 19.6 Å². The summed E-state index contributed by atoms with van der Waals surface area (Å²) in [7, 11) is -3.62. The number of anilines is 2. The van der Waals surface area contributed by atoms with Crippen LogP contribution in [-0.4, -0.2) is 64.2 Å². The van der Waals surface area contributed by atoms with Crippen LogP contribution in [0.5, 0.6) is 0 Å². The smallest absolute Gasteiger partial charge is 0.253 e. The van der Waals surface area contributed by atoms with Gasteiger partial charge in [0.15, 0.2) is 0 Å². The lowest BCUT2D eigenvalue weighted by atomic mass is 10.0. The number of nitrogens with zero attached hydrogens (tertiary/aromatic N) is 1. The van der Waals surface area contributed by atoms with E-state index in [1.165, 1.54) is 25.1 Å². The van der Waals surface area contributed by atoms with Gasteiger partial charge in [-0.2, -0.15) is 0 Å². The number of hydrogen-bond acceptors (Lipinski definition) is 6.